The Morgan fingerprint density at radius 3 is 1.29 bits per heavy atom. The summed E-state index contributed by atoms with van der Waals surface area (Å²) < 4.78 is 10.4. The van der Waals surface area contributed by atoms with E-state index in [0.29, 0.717) is 6.42 Å². The van der Waals surface area contributed by atoms with Gasteiger partial charge < -0.3 is 9.47 Å². The van der Waals surface area contributed by atoms with Gasteiger partial charge in [0.25, 0.3) is 0 Å². The predicted octanol–water partition coefficient (Wildman–Crippen LogP) is 3.22. The molecule has 0 atom stereocenters. The van der Waals surface area contributed by atoms with Crippen molar-refractivity contribution in [2.45, 2.75) is 31.5 Å². The minimum absolute atomic E-state index is 0.163. The van der Waals surface area contributed by atoms with Gasteiger partial charge in [-0.1, -0.05) is 20.5 Å². The van der Waals surface area contributed by atoms with Gasteiger partial charge in [-0.2, -0.15) is 0 Å². The van der Waals surface area contributed by atoms with Crippen molar-refractivity contribution >= 4 is 11.9 Å². The van der Waals surface area contributed by atoms with Crippen LogP contribution >= 0.6 is 0 Å². The van der Waals surface area contributed by atoms with Gasteiger partial charge >= 0.3 is 11.9 Å². The summed E-state index contributed by atoms with van der Waals surface area (Å²) in [4.78, 5) is 35.3. The molecule has 0 unspecified atom stereocenters. The van der Waals surface area contributed by atoms with Crippen LogP contribution in [0.5, 0.6) is 0 Å². The maximum absolute atomic E-state index is 12.6. The molecule has 0 aromatic rings. The van der Waals surface area contributed by atoms with Crippen LogP contribution in [0.2, 0.25) is 0 Å². The molecule has 1 rings (SSSR count). The first-order chi connectivity index (χ1) is 13.5. The topological polar surface area (TPSA) is 248 Å². The zero-order chi connectivity index (χ0) is 20.8. The lowest BCUT2D eigenvalue weighted by molar-refractivity contribution is -0.184. The molecule has 1 saturated carbocycles. The zero-order valence-corrected chi connectivity index (χ0v) is 14.6. The Bertz CT molecular complexity index is 669. The lowest BCUT2D eigenvalue weighted by Gasteiger charge is -2.38. The molecule has 0 aromatic heterocycles. The number of hydrogen-bond donors (Lipinski definition) is 0. The molecule has 0 bridgehead atoms. The Hall–Kier alpha value is -3.82. The molecular formula is C12H16N12O4. The summed E-state index contributed by atoms with van der Waals surface area (Å²) >= 11 is 0. The summed E-state index contributed by atoms with van der Waals surface area (Å²) in [5.41, 5.74) is 32.0. The normalized spacial score (nSPS) is 15.6. The highest BCUT2D eigenvalue weighted by Crippen LogP contribution is 2.43. The van der Waals surface area contributed by atoms with Crippen LogP contribution in [0.1, 0.15) is 19.3 Å². The molecule has 0 N–H and O–H groups in total. The molecular weight excluding hydrogens is 376 g/mol. The highest BCUT2D eigenvalue weighted by molar-refractivity contribution is 6.01. The fraction of sp³-hybridized carbons (Fsp3) is 0.833. The SMILES string of the molecule is [N-]=[N+]=NCC(CN=[N+]=[N-])OC(=O)C1(C(=O)OC(CN=[N+]=[N-])CN=[N+]=[N-])CCC1. The van der Waals surface area contributed by atoms with E-state index in [2.05, 4.69) is 40.1 Å². The van der Waals surface area contributed by atoms with Crippen LogP contribution in [0.3, 0.4) is 0 Å². The third-order valence-electron chi connectivity index (χ3n) is 3.93. The minimum Gasteiger partial charge on any atom is -0.461 e. The van der Waals surface area contributed by atoms with Crippen molar-refractivity contribution in [1.82, 2.24) is 0 Å². The second-order valence-corrected chi connectivity index (χ2v) is 5.64. The molecule has 0 spiro atoms. The van der Waals surface area contributed by atoms with Crippen molar-refractivity contribution < 1.29 is 19.1 Å². The number of rotatable bonds is 12. The number of nitrogens with zero attached hydrogens (tertiary/aromatic N) is 12. The lowest BCUT2D eigenvalue weighted by Crippen LogP contribution is -2.50. The Morgan fingerprint density at radius 1 is 0.750 bits per heavy atom. The molecule has 0 aliphatic heterocycles. The average Bonchev–Trinajstić information content (AvgIpc) is 2.65. The standard InChI is InChI=1S/C12H16N12O4/c13-21-17-4-8(5-18-22-14)27-10(25)12(2-1-3-12)11(26)28-9(6-19-23-15)7-20-24-16/h8-9H,1-7H2. The molecule has 16 heteroatoms. The monoisotopic (exact) mass is 392 g/mol. The van der Waals surface area contributed by atoms with Gasteiger partial charge in [0.05, 0.1) is 26.2 Å². The van der Waals surface area contributed by atoms with Crippen LogP contribution in [0, 0.1) is 5.41 Å². The summed E-state index contributed by atoms with van der Waals surface area (Å²) in [6.07, 6.45) is -1.18. The lowest BCUT2D eigenvalue weighted by atomic mass is 9.68. The van der Waals surface area contributed by atoms with E-state index in [1.807, 2.05) is 0 Å². The van der Waals surface area contributed by atoms with E-state index in [1.54, 1.807) is 0 Å². The number of hydrogen-bond acceptors (Lipinski definition) is 8. The van der Waals surface area contributed by atoms with E-state index < -0.39 is 29.6 Å². The summed E-state index contributed by atoms with van der Waals surface area (Å²) in [7, 11) is 0. The highest BCUT2D eigenvalue weighted by atomic mass is 16.6. The fourth-order valence-corrected chi connectivity index (χ4v) is 2.33. The van der Waals surface area contributed by atoms with Crippen LogP contribution in [0.4, 0.5) is 0 Å². The maximum atomic E-state index is 12.6. The Morgan fingerprint density at radius 2 is 1.07 bits per heavy atom. The van der Waals surface area contributed by atoms with E-state index in [9.17, 15) is 9.59 Å². The van der Waals surface area contributed by atoms with Gasteiger partial charge in [0.15, 0.2) is 5.41 Å². The highest BCUT2D eigenvalue weighted by Gasteiger charge is 2.54. The summed E-state index contributed by atoms with van der Waals surface area (Å²) in [5, 5.41) is 13.1. The molecule has 16 nitrogen and oxygen atoms in total. The summed E-state index contributed by atoms with van der Waals surface area (Å²) in [5.74, 6) is -1.80. The molecule has 0 amide bonds. The maximum Gasteiger partial charge on any atom is 0.323 e. The van der Waals surface area contributed by atoms with E-state index in [-0.39, 0.29) is 39.0 Å². The second-order valence-electron chi connectivity index (χ2n) is 5.64. The molecule has 1 aliphatic carbocycles. The summed E-state index contributed by atoms with van der Waals surface area (Å²) in [6.45, 7) is -1.10. The van der Waals surface area contributed by atoms with Crippen LogP contribution in [-0.4, -0.2) is 50.3 Å². The Kier molecular flexibility index (Phi) is 9.31. The molecule has 0 heterocycles. The predicted molar refractivity (Wildman–Crippen MR) is 92.1 cm³/mol. The number of esters is 2. The van der Waals surface area contributed by atoms with Gasteiger partial charge in [-0.3, -0.25) is 9.59 Å². The van der Waals surface area contributed by atoms with E-state index in [1.165, 1.54) is 0 Å². The van der Waals surface area contributed by atoms with Crippen molar-refractivity contribution in [3.63, 3.8) is 0 Å². The van der Waals surface area contributed by atoms with Gasteiger partial charge in [-0.25, -0.2) is 0 Å². The fourth-order valence-electron chi connectivity index (χ4n) is 2.33. The molecule has 1 aliphatic rings. The summed E-state index contributed by atoms with van der Waals surface area (Å²) in [6, 6.07) is 0. The van der Waals surface area contributed by atoms with Gasteiger partial charge in [-0.05, 0) is 41.4 Å². The number of ether oxygens (including phenoxy) is 2. The van der Waals surface area contributed by atoms with Gasteiger partial charge in [0.2, 0.25) is 0 Å². The van der Waals surface area contributed by atoms with Crippen LogP contribution in [-0.2, 0) is 19.1 Å². The molecule has 0 radical (unpaired) electrons. The first-order valence-corrected chi connectivity index (χ1v) is 7.99. The molecule has 0 saturated heterocycles. The van der Waals surface area contributed by atoms with Crippen LogP contribution < -0.4 is 0 Å². The second kappa shape index (κ2) is 11.7. The van der Waals surface area contributed by atoms with E-state index in [4.69, 9.17) is 31.6 Å². The number of azide groups is 4. The molecule has 1 fully saturated rings. The molecule has 0 aromatic carbocycles. The smallest absolute Gasteiger partial charge is 0.323 e. The van der Waals surface area contributed by atoms with Crippen LogP contribution in [0.15, 0.2) is 20.5 Å². The van der Waals surface area contributed by atoms with Gasteiger partial charge in [-0.15, -0.1) is 0 Å². The third-order valence-corrected chi connectivity index (χ3v) is 3.93. The van der Waals surface area contributed by atoms with Gasteiger partial charge in [0, 0.05) is 19.6 Å². The molecule has 148 valence electrons. The van der Waals surface area contributed by atoms with Crippen LogP contribution in [0.25, 0.3) is 41.8 Å². The third kappa shape index (κ3) is 6.16. The Balaban J connectivity index is 2.89. The zero-order valence-electron chi connectivity index (χ0n) is 14.6. The molecule has 28 heavy (non-hydrogen) atoms. The van der Waals surface area contributed by atoms with Crippen molar-refractivity contribution in [2.24, 2.45) is 25.9 Å². The van der Waals surface area contributed by atoms with Crippen molar-refractivity contribution in [1.29, 1.82) is 0 Å². The average molecular weight is 392 g/mol. The quantitative estimate of drug-likeness (QED) is 0.159. The number of carbonyl (C=O) groups excluding carboxylic acids is 2. The van der Waals surface area contributed by atoms with Crippen molar-refractivity contribution in [3.8, 4) is 0 Å². The Labute approximate surface area is 157 Å². The van der Waals surface area contributed by atoms with E-state index >= 15 is 0 Å². The first kappa shape index (κ1) is 22.2. The van der Waals surface area contributed by atoms with Gasteiger partial charge in [0.1, 0.15) is 12.2 Å². The van der Waals surface area contributed by atoms with E-state index in [0.717, 1.165) is 0 Å². The van der Waals surface area contributed by atoms with Crippen molar-refractivity contribution in [3.05, 3.63) is 41.8 Å². The van der Waals surface area contributed by atoms with Crippen molar-refractivity contribution in [2.75, 3.05) is 26.2 Å². The largest absolute Gasteiger partial charge is 0.461 e. The first-order valence-electron chi connectivity index (χ1n) is 7.99. The number of carbonyl (C=O) groups is 2. The minimum atomic E-state index is -1.57.